The van der Waals surface area contributed by atoms with Gasteiger partial charge in [0, 0.05) is 25.0 Å². The fourth-order valence-electron chi connectivity index (χ4n) is 2.17. The highest BCUT2D eigenvalue weighted by Gasteiger charge is 2.32. The zero-order chi connectivity index (χ0) is 15.5. The van der Waals surface area contributed by atoms with E-state index in [1.165, 1.54) is 12.4 Å². The molecule has 0 bridgehead atoms. The van der Waals surface area contributed by atoms with Crippen LogP contribution in [0.3, 0.4) is 0 Å². The summed E-state index contributed by atoms with van der Waals surface area (Å²) in [5.74, 6) is -0.127. The second kappa shape index (κ2) is 6.29. The molecule has 0 spiro atoms. The number of hydrogen-bond acceptors (Lipinski definition) is 6. The van der Waals surface area contributed by atoms with E-state index in [4.69, 9.17) is 0 Å². The number of nitrogens with zero attached hydrogens (tertiary/aromatic N) is 1. The molecule has 1 aliphatic heterocycles. The molecule has 1 aliphatic rings. The summed E-state index contributed by atoms with van der Waals surface area (Å²) in [6.07, 6.45) is 3.94. The van der Waals surface area contributed by atoms with Gasteiger partial charge in [0.05, 0.1) is 17.2 Å². The Balaban J connectivity index is 2.20. The maximum Gasteiger partial charge on any atom is 0.244 e. The monoisotopic (exact) mass is 333 g/mol. The Labute approximate surface area is 125 Å². The van der Waals surface area contributed by atoms with E-state index in [2.05, 4.69) is 15.0 Å². The van der Waals surface area contributed by atoms with Gasteiger partial charge >= 0.3 is 0 Å². The fourth-order valence-corrected chi connectivity index (χ4v) is 5.35. The van der Waals surface area contributed by atoms with Crippen LogP contribution < -0.4 is 10.0 Å². The van der Waals surface area contributed by atoms with Gasteiger partial charge in [0.2, 0.25) is 10.0 Å². The highest BCUT2D eigenvalue weighted by Crippen LogP contribution is 2.21. The first kappa shape index (κ1) is 16.2. The quantitative estimate of drug-likeness (QED) is 0.779. The molecule has 0 saturated carbocycles. The van der Waals surface area contributed by atoms with E-state index in [0.29, 0.717) is 18.7 Å². The van der Waals surface area contributed by atoms with Crippen molar-refractivity contribution in [1.82, 2.24) is 9.71 Å². The Bertz CT molecular complexity index is 701. The normalized spacial score (nSPS) is 21.3. The third-order valence-electron chi connectivity index (χ3n) is 3.19. The number of anilines is 1. The highest BCUT2D eigenvalue weighted by atomic mass is 32.2. The van der Waals surface area contributed by atoms with Gasteiger partial charge in [-0.15, -0.1) is 0 Å². The Morgan fingerprint density at radius 3 is 2.81 bits per heavy atom. The molecule has 2 N–H and O–H groups in total. The first-order chi connectivity index (χ1) is 9.84. The maximum atomic E-state index is 12.4. The average molecular weight is 333 g/mol. The smallest absolute Gasteiger partial charge is 0.244 e. The molecule has 0 aliphatic carbocycles. The van der Waals surface area contributed by atoms with Gasteiger partial charge in [-0.2, -0.15) is 0 Å². The lowest BCUT2D eigenvalue weighted by Crippen LogP contribution is -2.36. The standard InChI is InChI=1S/C12H19N3O4S2/c1-2-5-14-11-3-6-13-8-12(11)21(18,19)15-10-4-7-20(16,17)9-10/h3,6,8,10,15H,2,4-5,7,9H2,1H3,(H,13,14). The molecule has 1 saturated heterocycles. The summed E-state index contributed by atoms with van der Waals surface area (Å²) in [6, 6.07) is 1.02. The van der Waals surface area contributed by atoms with Crippen molar-refractivity contribution in [2.24, 2.45) is 0 Å². The van der Waals surface area contributed by atoms with Crippen LogP contribution in [0.5, 0.6) is 0 Å². The molecule has 0 aromatic carbocycles. The van der Waals surface area contributed by atoms with Gasteiger partial charge in [-0.1, -0.05) is 6.92 Å². The van der Waals surface area contributed by atoms with E-state index in [9.17, 15) is 16.8 Å². The minimum Gasteiger partial charge on any atom is -0.384 e. The lowest BCUT2D eigenvalue weighted by atomic mass is 10.3. The second-order valence-corrected chi connectivity index (χ2v) is 8.93. The van der Waals surface area contributed by atoms with E-state index < -0.39 is 25.9 Å². The van der Waals surface area contributed by atoms with Crippen molar-refractivity contribution < 1.29 is 16.8 Å². The summed E-state index contributed by atoms with van der Waals surface area (Å²) in [4.78, 5) is 3.89. The Morgan fingerprint density at radius 2 is 2.19 bits per heavy atom. The van der Waals surface area contributed by atoms with Crippen LogP contribution >= 0.6 is 0 Å². The summed E-state index contributed by atoms with van der Waals surface area (Å²) < 4.78 is 50.1. The van der Waals surface area contributed by atoms with E-state index in [0.717, 1.165) is 6.42 Å². The minimum absolute atomic E-state index is 0.0220. The molecule has 1 aromatic heterocycles. The summed E-state index contributed by atoms with van der Waals surface area (Å²) >= 11 is 0. The zero-order valence-electron chi connectivity index (χ0n) is 11.7. The van der Waals surface area contributed by atoms with E-state index in [1.54, 1.807) is 6.07 Å². The van der Waals surface area contributed by atoms with Crippen LogP contribution in [0.15, 0.2) is 23.4 Å². The van der Waals surface area contributed by atoms with Crippen molar-refractivity contribution in [3.05, 3.63) is 18.5 Å². The molecule has 118 valence electrons. The molecular weight excluding hydrogens is 314 g/mol. The lowest BCUT2D eigenvalue weighted by Gasteiger charge is -2.15. The van der Waals surface area contributed by atoms with Gasteiger partial charge in [0.1, 0.15) is 4.90 Å². The predicted octanol–water partition coefficient (Wildman–Crippen LogP) is 0.369. The number of rotatable bonds is 6. The van der Waals surface area contributed by atoms with Crippen molar-refractivity contribution in [3.8, 4) is 0 Å². The van der Waals surface area contributed by atoms with Crippen LogP contribution in [-0.4, -0.2) is 45.9 Å². The SMILES string of the molecule is CCCNc1ccncc1S(=O)(=O)NC1CCS(=O)(=O)C1. The zero-order valence-corrected chi connectivity index (χ0v) is 13.4. The van der Waals surface area contributed by atoms with Crippen LogP contribution in [0, 0.1) is 0 Å². The van der Waals surface area contributed by atoms with Crippen LogP contribution in [-0.2, 0) is 19.9 Å². The van der Waals surface area contributed by atoms with Gasteiger partial charge in [-0.05, 0) is 18.9 Å². The topological polar surface area (TPSA) is 105 Å². The molecule has 9 heteroatoms. The molecule has 1 fully saturated rings. The molecule has 1 aromatic rings. The first-order valence-electron chi connectivity index (χ1n) is 6.75. The second-order valence-electron chi connectivity index (χ2n) is 5.02. The Morgan fingerprint density at radius 1 is 1.43 bits per heavy atom. The molecule has 2 heterocycles. The van der Waals surface area contributed by atoms with Crippen LogP contribution in [0.1, 0.15) is 19.8 Å². The van der Waals surface area contributed by atoms with Gasteiger partial charge in [0.15, 0.2) is 9.84 Å². The Kier molecular flexibility index (Phi) is 4.84. The number of aromatic nitrogens is 1. The average Bonchev–Trinajstić information content (AvgIpc) is 2.75. The number of pyridine rings is 1. The van der Waals surface area contributed by atoms with E-state index in [1.807, 2.05) is 6.92 Å². The van der Waals surface area contributed by atoms with Crippen LogP contribution in [0.2, 0.25) is 0 Å². The Hall–Kier alpha value is -1.19. The molecule has 7 nitrogen and oxygen atoms in total. The molecule has 1 atom stereocenters. The fraction of sp³-hybridized carbons (Fsp3) is 0.583. The maximum absolute atomic E-state index is 12.4. The van der Waals surface area contributed by atoms with Crippen molar-refractivity contribution in [2.75, 3.05) is 23.4 Å². The summed E-state index contributed by atoms with van der Waals surface area (Å²) in [5.41, 5.74) is 0.472. The third kappa shape index (κ3) is 4.14. The molecule has 1 unspecified atom stereocenters. The van der Waals surface area contributed by atoms with Gasteiger partial charge in [0.25, 0.3) is 0 Å². The predicted molar refractivity (Wildman–Crippen MR) is 80.4 cm³/mol. The number of nitrogens with one attached hydrogen (secondary N) is 2. The number of hydrogen-bond donors (Lipinski definition) is 2. The summed E-state index contributed by atoms with van der Waals surface area (Å²) in [7, 11) is -6.93. The summed E-state index contributed by atoms with van der Waals surface area (Å²) in [5, 5.41) is 3.03. The molecule has 0 amide bonds. The van der Waals surface area contributed by atoms with Crippen LogP contribution in [0.25, 0.3) is 0 Å². The molecular formula is C12H19N3O4S2. The van der Waals surface area contributed by atoms with Gasteiger partial charge < -0.3 is 5.32 Å². The molecule has 2 rings (SSSR count). The largest absolute Gasteiger partial charge is 0.384 e. The van der Waals surface area contributed by atoms with Crippen molar-refractivity contribution >= 4 is 25.5 Å². The van der Waals surface area contributed by atoms with Crippen molar-refractivity contribution in [3.63, 3.8) is 0 Å². The van der Waals surface area contributed by atoms with Crippen molar-refractivity contribution in [1.29, 1.82) is 0 Å². The van der Waals surface area contributed by atoms with Crippen molar-refractivity contribution in [2.45, 2.75) is 30.7 Å². The summed E-state index contributed by atoms with van der Waals surface area (Å²) in [6.45, 7) is 2.62. The van der Waals surface area contributed by atoms with E-state index in [-0.39, 0.29) is 16.4 Å². The number of sulfone groups is 1. The van der Waals surface area contributed by atoms with E-state index >= 15 is 0 Å². The highest BCUT2D eigenvalue weighted by molar-refractivity contribution is 7.92. The third-order valence-corrected chi connectivity index (χ3v) is 6.51. The van der Waals surface area contributed by atoms with Crippen LogP contribution in [0.4, 0.5) is 5.69 Å². The first-order valence-corrected chi connectivity index (χ1v) is 10.0. The molecule has 21 heavy (non-hydrogen) atoms. The van der Waals surface area contributed by atoms with Gasteiger partial charge in [-0.3, -0.25) is 4.98 Å². The molecule has 0 radical (unpaired) electrons. The lowest BCUT2D eigenvalue weighted by molar-refractivity contribution is 0.562. The number of sulfonamides is 1. The minimum atomic E-state index is -3.79. The van der Waals surface area contributed by atoms with Gasteiger partial charge in [-0.25, -0.2) is 21.6 Å².